The summed E-state index contributed by atoms with van der Waals surface area (Å²) in [5.41, 5.74) is 0. The highest BCUT2D eigenvalue weighted by molar-refractivity contribution is 7.20. The standard InChI is InChI=1S/C8H4N4O3S/c13-7(14)6-10-5(11-15-6)4-3-12-2-1-9-8(12)16-4/h1-3H,(H,13,14). The zero-order valence-corrected chi connectivity index (χ0v) is 8.51. The molecule has 0 saturated heterocycles. The van der Waals surface area contributed by atoms with Crippen LogP contribution in [0, 0.1) is 0 Å². The van der Waals surface area contributed by atoms with Crippen molar-refractivity contribution in [3.05, 3.63) is 24.5 Å². The van der Waals surface area contributed by atoms with Crippen molar-refractivity contribution in [3.8, 4) is 10.7 Å². The van der Waals surface area contributed by atoms with Crippen molar-refractivity contribution in [2.24, 2.45) is 0 Å². The number of rotatable bonds is 2. The smallest absolute Gasteiger partial charge is 0.394 e. The van der Waals surface area contributed by atoms with Crippen molar-refractivity contribution in [3.63, 3.8) is 0 Å². The Morgan fingerprint density at radius 1 is 1.56 bits per heavy atom. The topological polar surface area (TPSA) is 93.5 Å². The first-order valence-electron chi connectivity index (χ1n) is 4.24. The molecule has 0 bridgehead atoms. The summed E-state index contributed by atoms with van der Waals surface area (Å²) in [6, 6.07) is 0. The van der Waals surface area contributed by atoms with Crippen molar-refractivity contribution >= 4 is 22.3 Å². The van der Waals surface area contributed by atoms with Gasteiger partial charge < -0.3 is 9.63 Å². The first kappa shape index (κ1) is 9.04. The van der Waals surface area contributed by atoms with Gasteiger partial charge in [-0.3, -0.25) is 4.40 Å². The van der Waals surface area contributed by atoms with Crippen LogP contribution in [0.15, 0.2) is 23.1 Å². The van der Waals surface area contributed by atoms with E-state index in [2.05, 4.69) is 19.6 Å². The summed E-state index contributed by atoms with van der Waals surface area (Å²) < 4.78 is 6.37. The minimum Gasteiger partial charge on any atom is -0.474 e. The predicted molar refractivity (Wildman–Crippen MR) is 53.3 cm³/mol. The highest BCUT2D eigenvalue weighted by Gasteiger charge is 2.16. The van der Waals surface area contributed by atoms with Crippen LogP contribution >= 0.6 is 11.3 Å². The molecule has 0 spiro atoms. The molecular weight excluding hydrogens is 232 g/mol. The number of nitrogens with zero attached hydrogens (tertiary/aromatic N) is 4. The second-order valence-electron chi connectivity index (χ2n) is 2.94. The maximum Gasteiger partial charge on any atom is 0.394 e. The van der Waals surface area contributed by atoms with E-state index in [9.17, 15) is 4.79 Å². The SMILES string of the molecule is O=C(O)c1nc(-c2cn3ccnc3s2)no1. The molecule has 3 aromatic heterocycles. The molecule has 16 heavy (non-hydrogen) atoms. The van der Waals surface area contributed by atoms with Crippen LogP contribution in [0.25, 0.3) is 15.7 Å². The molecule has 3 aromatic rings. The number of thiazole rings is 1. The zero-order valence-electron chi connectivity index (χ0n) is 7.69. The largest absolute Gasteiger partial charge is 0.474 e. The van der Waals surface area contributed by atoms with E-state index in [1.165, 1.54) is 11.3 Å². The maximum absolute atomic E-state index is 10.6. The molecule has 0 fully saturated rings. The molecule has 0 saturated carbocycles. The van der Waals surface area contributed by atoms with Crippen LogP contribution in [-0.2, 0) is 0 Å². The van der Waals surface area contributed by atoms with Crippen LogP contribution in [0.2, 0.25) is 0 Å². The molecule has 8 heteroatoms. The van der Waals surface area contributed by atoms with E-state index in [-0.39, 0.29) is 5.82 Å². The average Bonchev–Trinajstić information content (AvgIpc) is 2.91. The second kappa shape index (κ2) is 3.14. The minimum absolute atomic E-state index is 0.257. The summed E-state index contributed by atoms with van der Waals surface area (Å²) in [5, 5.41) is 12.2. The summed E-state index contributed by atoms with van der Waals surface area (Å²) in [6.07, 6.45) is 5.23. The molecule has 1 N–H and O–H groups in total. The lowest BCUT2D eigenvalue weighted by molar-refractivity contribution is 0.0643. The van der Waals surface area contributed by atoms with Crippen LogP contribution in [-0.4, -0.2) is 30.6 Å². The van der Waals surface area contributed by atoms with Crippen molar-refractivity contribution in [2.45, 2.75) is 0 Å². The molecule has 0 aliphatic heterocycles. The Morgan fingerprint density at radius 3 is 3.12 bits per heavy atom. The lowest BCUT2D eigenvalue weighted by atomic mass is 10.5. The van der Waals surface area contributed by atoms with Crippen molar-refractivity contribution in [1.29, 1.82) is 0 Å². The number of carbonyl (C=O) groups is 1. The second-order valence-corrected chi connectivity index (χ2v) is 3.95. The normalized spacial score (nSPS) is 11.0. The monoisotopic (exact) mass is 236 g/mol. The van der Waals surface area contributed by atoms with Gasteiger partial charge in [0.15, 0.2) is 4.96 Å². The lowest BCUT2D eigenvalue weighted by Crippen LogP contribution is -1.95. The fourth-order valence-electron chi connectivity index (χ4n) is 1.24. The Morgan fingerprint density at radius 2 is 2.44 bits per heavy atom. The number of hydrogen-bond donors (Lipinski definition) is 1. The van der Waals surface area contributed by atoms with Gasteiger partial charge in [-0.1, -0.05) is 16.5 Å². The molecule has 7 nitrogen and oxygen atoms in total. The van der Waals surface area contributed by atoms with Crippen LogP contribution in [0.5, 0.6) is 0 Å². The van der Waals surface area contributed by atoms with Gasteiger partial charge in [-0.15, -0.1) is 0 Å². The van der Waals surface area contributed by atoms with Gasteiger partial charge in [0.25, 0.3) is 0 Å². The molecular formula is C8H4N4O3S. The predicted octanol–water partition coefficient (Wildman–Crippen LogP) is 1.14. The Labute approximate surface area is 92.0 Å². The molecule has 0 aliphatic carbocycles. The van der Waals surface area contributed by atoms with Crippen molar-refractivity contribution in [2.75, 3.05) is 0 Å². The van der Waals surface area contributed by atoms with Gasteiger partial charge in [-0.25, -0.2) is 9.78 Å². The number of carboxylic acid groups (broad SMARTS) is 1. The quantitative estimate of drug-likeness (QED) is 0.717. The summed E-state index contributed by atoms with van der Waals surface area (Å²) in [4.78, 5) is 19.9. The van der Waals surface area contributed by atoms with E-state index in [4.69, 9.17) is 5.11 Å². The van der Waals surface area contributed by atoms with E-state index < -0.39 is 11.9 Å². The van der Waals surface area contributed by atoms with Crippen molar-refractivity contribution < 1.29 is 14.4 Å². The first-order valence-corrected chi connectivity index (χ1v) is 5.05. The van der Waals surface area contributed by atoms with Crippen LogP contribution in [0.3, 0.4) is 0 Å². The van der Waals surface area contributed by atoms with Gasteiger partial charge in [0.1, 0.15) is 0 Å². The Hall–Kier alpha value is -2.22. The van der Waals surface area contributed by atoms with E-state index >= 15 is 0 Å². The van der Waals surface area contributed by atoms with Gasteiger partial charge in [0.2, 0.25) is 5.82 Å². The third-order valence-electron chi connectivity index (χ3n) is 1.92. The third-order valence-corrected chi connectivity index (χ3v) is 2.93. The van der Waals surface area contributed by atoms with E-state index in [0.29, 0.717) is 4.88 Å². The van der Waals surface area contributed by atoms with Gasteiger partial charge in [0.05, 0.1) is 4.88 Å². The lowest BCUT2D eigenvalue weighted by Gasteiger charge is -1.81. The van der Waals surface area contributed by atoms with Crippen LogP contribution < -0.4 is 0 Å². The number of aromatic nitrogens is 4. The molecule has 3 heterocycles. The van der Waals surface area contributed by atoms with Crippen LogP contribution in [0.1, 0.15) is 10.7 Å². The summed E-state index contributed by atoms with van der Waals surface area (Å²) in [5.74, 6) is -1.39. The maximum atomic E-state index is 10.6. The van der Waals surface area contributed by atoms with Gasteiger partial charge in [-0.05, 0) is 0 Å². The van der Waals surface area contributed by atoms with Crippen molar-refractivity contribution in [1.82, 2.24) is 19.5 Å². The first-order chi connectivity index (χ1) is 7.74. The Balaban J connectivity index is 2.08. The highest BCUT2D eigenvalue weighted by Crippen LogP contribution is 2.25. The number of hydrogen-bond acceptors (Lipinski definition) is 6. The number of imidazole rings is 1. The average molecular weight is 236 g/mol. The molecule has 0 unspecified atom stereocenters. The summed E-state index contributed by atoms with van der Waals surface area (Å²) in [7, 11) is 0. The molecule has 0 aliphatic rings. The molecule has 3 rings (SSSR count). The summed E-state index contributed by atoms with van der Waals surface area (Å²) >= 11 is 1.36. The zero-order chi connectivity index (χ0) is 11.1. The van der Waals surface area contributed by atoms with Gasteiger partial charge in [-0.2, -0.15) is 4.98 Å². The highest BCUT2D eigenvalue weighted by atomic mass is 32.1. The Kier molecular flexibility index (Phi) is 1.77. The molecule has 0 radical (unpaired) electrons. The van der Waals surface area contributed by atoms with E-state index in [1.807, 2.05) is 0 Å². The van der Waals surface area contributed by atoms with Crippen LogP contribution in [0.4, 0.5) is 0 Å². The van der Waals surface area contributed by atoms with Gasteiger partial charge in [0, 0.05) is 18.6 Å². The van der Waals surface area contributed by atoms with E-state index in [1.54, 1.807) is 23.0 Å². The van der Waals surface area contributed by atoms with Gasteiger partial charge >= 0.3 is 11.9 Å². The van der Waals surface area contributed by atoms with E-state index in [0.717, 1.165) is 4.96 Å². The third kappa shape index (κ3) is 1.27. The number of aromatic carboxylic acids is 1. The molecule has 0 amide bonds. The number of fused-ring (bicyclic) bond motifs is 1. The molecule has 0 atom stereocenters. The minimum atomic E-state index is -1.24. The molecule has 0 aromatic carbocycles. The molecule has 80 valence electrons. The fourth-order valence-corrected chi connectivity index (χ4v) is 2.11. The Bertz CT molecular complexity index is 639. The fraction of sp³-hybridized carbons (Fsp3) is 0. The number of carboxylic acids is 1. The summed E-state index contributed by atoms with van der Waals surface area (Å²) in [6.45, 7) is 0.